The maximum Gasteiger partial charge on any atom is 0.343 e. The Morgan fingerprint density at radius 1 is 1.30 bits per heavy atom. The van der Waals surface area contributed by atoms with Gasteiger partial charge in [-0.15, -0.1) is 0 Å². The van der Waals surface area contributed by atoms with Crippen LogP contribution in [0.2, 0.25) is 0 Å². The van der Waals surface area contributed by atoms with Crippen molar-refractivity contribution in [3.63, 3.8) is 0 Å². The van der Waals surface area contributed by atoms with Crippen molar-refractivity contribution in [3.05, 3.63) is 59.9 Å². The minimum absolute atomic E-state index is 0.280. The molecule has 0 spiro atoms. The zero-order chi connectivity index (χ0) is 14.6. The molecule has 0 aromatic heterocycles. The highest BCUT2D eigenvalue weighted by Crippen LogP contribution is 2.15. The zero-order valence-electron chi connectivity index (χ0n) is 11.5. The summed E-state index contributed by atoms with van der Waals surface area (Å²) in [4.78, 5) is 20.8. The molecule has 0 radical (unpaired) electrons. The third-order valence-electron chi connectivity index (χ3n) is 2.44. The predicted molar refractivity (Wildman–Crippen MR) is 76.0 cm³/mol. The molecule has 1 aromatic rings. The van der Waals surface area contributed by atoms with Gasteiger partial charge in [0.1, 0.15) is 5.76 Å². The van der Waals surface area contributed by atoms with Crippen LogP contribution in [-0.2, 0) is 14.3 Å². The van der Waals surface area contributed by atoms with Crippen molar-refractivity contribution < 1.29 is 19.1 Å². The van der Waals surface area contributed by atoms with Crippen LogP contribution in [0, 0.1) is 0 Å². The number of hydrogen-bond donors (Lipinski definition) is 0. The fourth-order valence-corrected chi connectivity index (χ4v) is 1.49. The molecule has 2 rings (SSSR count). The van der Waals surface area contributed by atoms with Gasteiger partial charge >= 0.3 is 5.97 Å². The van der Waals surface area contributed by atoms with Crippen molar-refractivity contribution in [2.24, 2.45) is 0 Å². The number of ether oxygens (including phenoxy) is 2. The molecule has 0 N–H and O–H groups in total. The third kappa shape index (κ3) is 6.00. The first-order valence-electron chi connectivity index (χ1n) is 6.46. The molecule has 0 amide bonds. The summed E-state index contributed by atoms with van der Waals surface area (Å²) in [5, 5.41) is 0. The lowest BCUT2D eigenvalue weighted by atomic mass is 10.1. The van der Waals surface area contributed by atoms with Crippen molar-refractivity contribution in [2.75, 3.05) is 6.61 Å². The molecule has 1 aliphatic rings. The molecule has 106 valence electrons. The Balaban J connectivity index is 0.000000347. The van der Waals surface area contributed by atoms with E-state index in [9.17, 15) is 9.59 Å². The Kier molecular flexibility index (Phi) is 7.50. The average Bonchev–Trinajstić information content (AvgIpc) is 2.50. The van der Waals surface area contributed by atoms with Crippen molar-refractivity contribution in [1.82, 2.24) is 0 Å². The molecular formula is C16H18O4. The van der Waals surface area contributed by atoms with E-state index in [0.717, 1.165) is 18.6 Å². The smallest absolute Gasteiger partial charge is 0.343 e. The van der Waals surface area contributed by atoms with Gasteiger partial charge in [-0.3, -0.25) is 4.79 Å². The summed E-state index contributed by atoms with van der Waals surface area (Å²) >= 11 is 0. The van der Waals surface area contributed by atoms with Crippen LogP contribution in [0.25, 0.3) is 0 Å². The molecule has 4 nitrogen and oxygen atoms in total. The fraction of sp³-hybridized carbons (Fsp3) is 0.250. The van der Waals surface area contributed by atoms with Crippen LogP contribution in [0.1, 0.15) is 30.1 Å². The van der Waals surface area contributed by atoms with E-state index in [4.69, 9.17) is 4.74 Å². The van der Waals surface area contributed by atoms with Crippen LogP contribution in [0.5, 0.6) is 0 Å². The molecular weight excluding hydrogens is 256 g/mol. The van der Waals surface area contributed by atoms with Crippen molar-refractivity contribution in [1.29, 1.82) is 0 Å². The lowest BCUT2D eigenvalue weighted by Crippen LogP contribution is -2.05. The van der Waals surface area contributed by atoms with E-state index in [-0.39, 0.29) is 5.97 Å². The molecule has 4 heteroatoms. The Morgan fingerprint density at radius 3 is 2.55 bits per heavy atom. The van der Waals surface area contributed by atoms with Gasteiger partial charge in [0.2, 0.25) is 0 Å². The van der Waals surface area contributed by atoms with Crippen LogP contribution in [-0.4, -0.2) is 19.0 Å². The van der Waals surface area contributed by atoms with Gasteiger partial charge in [-0.25, -0.2) is 4.79 Å². The van der Waals surface area contributed by atoms with Gasteiger partial charge in [0.15, 0.2) is 0 Å². The maximum absolute atomic E-state index is 11.6. The second kappa shape index (κ2) is 9.55. The monoisotopic (exact) mass is 274 g/mol. The minimum Gasteiger partial charge on any atom is -0.468 e. The zero-order valence-corrected chi connectivity index (χ0v) is 11.5. The van der Waals surface area contributed by atoms with Gasteiger partial charge in [-0.05, 0) is 31.6 Å². The number of allylic oxidation sites excluding steroid dienone is 4. The van der Waals surface area contributed by atoms with E-state index < -0.39 is 0 Å². The second-order valence-corrected chi connectivity index (χ2v) is 3.91. The highest BCUT2D eigenvalue weighted by molar-refractivity contribution is 5.90. The highest BCUT2D eigenvalue weighted by atomic mass is 16.5. The van der Waals surface area contributed by atoms with Crippen LogP contribution in [0.4, 0.5) is 0 Å². The molecule has 1 aromatic carbocycles. The summed E-state index contributed by atoms with van der Waals surface area (Å²) in [5.74, 6) is 0.462. The van der Waals surface area contributed by atoms with Gasteiger partial charge in [0.05, 0.1) is 12.2 Å². The van der Waals surface area contributed by atoms with E-state index in [0.29, 0.717) is 18.6 Å². The van der Waals surface area contributed by atoms with Crippen LogP contribution >= 0.6 is 0 Å². The lowest BCUT2D eigenvalue weighted by molar-refractivity contribution is -0.128. The predicted octanol–water partition coefficient (Wildman–Crippen LogP) is 3.26. The first-order valence-corrected chi connectivity index (χ1v) is 6.46. The molecule has 0 atom stereocenters. The standard InChI is InChI=1S/C13H12O2.C3H6O2/c14-13(11-7-3-1-4-8-11)15-12-9-5-2-6-10-12;1-2-5-3-4/h1-5,7-9H,6,10H2;3H,2H2,1H3. The van der Waals surface area contributed by atoms with E-state index in [1.807, 2.05) is 30.4 Å². The van der Waals surface area contributed by atoms with E-state index in [1.165, 1.54) is 0 Å². The van der Waals surface area contributed by atoms with Gasteiger partial charge < -0.3 is 9.47 Å². The molecule has 0 fully saturated rings. The van der Waals surface area contributed by atoms with Crippen LogP contribution < -0.4 is 0 Å². The Bertz CT molecular complexity index is 475. The third-order valence-corrected chi connectivity index (χ3v) is 2.44. The first-order chi connectivity index (χ1) is 9.77. The van der Waals surface area contributed by atoms with Crippen LogP contribution in [0.3, 0.4) is 0 Å². The van der Waals surface area contributed by atoms with Gasteiger partial charge in [0.25, 0.3) is 6.47 Å². The fourth-order valence-electron chi connectivity index (χ4n) is 1.49. The van der Waals surface area contributed by atoms with E-state index in [2.05, 4.69) is 10.8 Å². The quantitative estimate of drug-likeness (QED) is 0.624. The number of rotatable bonds is 4. The summed E-state index contributed by atoms with van der Waals surface area (Å²) in [6.07, 6.45) is 7.55. The molecule has 0 aliphatic heterocycles. The molecule has 0 bridgehead atoms. The van der Waals surface area contributed by atoms with Crippen molar-refractivity contribution in [3.8, 4) is 0 Å². The molecule has 20 heavy (non-hydrogen) atoms. The van der Waals surface area contributed by atoms with Crippen molar-refractivity contribution >= 4 is 12.4 Å². The topological polar surface area (TPSA) is 52.6 Å². The summed E-state index contributed by atoms with van der Waals surface area (Å²) < 4.78 is 9.40. The number of carbonyl (C=O) groups is 2. The summed E-state index contributed by atoms with van der Waals surface area (Å²) in [6.45, 7) is 2.66. The number of esters is 1. The molecule has 0 saturated carbocycles. The molecule has 0 saturated heterocycles. The molecule has 0 unspecified atom stereocenters. The Morgan fingerprint density at radius 2 is 2.05 bits per heavy atom. The molecule has 1 aliphatic carbocycles. The van der Waals surface area contributed by atoms with E-state index in [1.54, 1.807) is 19.1 Å². The first kappa shape index (κ1) is 15.7. The average molecular weight is 274 g/mol. The Labute approximate surface area is 118 Å². The number of carbonyl (C=O) groups excluding carboxylic acids is 2. The number of hydrogen-bond acceptors (Lipinski definition) is 4. The summed E-state index contributed by atoms with van der Waals surface area (Å²) in [7, 11) is 0. The van der Waals surface area contributed by atoms with E-state index >= 15 is 0 Å². The van der Waals surface area contributed by atoms with Gasteiger partial charge in [-0.2, -0.15) is 0 Å². The van der Waals surface area contributed by atoms with Gasteiger partial charge in [-0.1, -0.05) is 30.4 Å². The SMILES string of the molecule is CCOC=O.O=C(OC1=CC=CCC1)c1ccccc1. The number of benzene rings is 1. The normalized spacial score (nSPS) is 12.6. The Hall–Kier alpha value is -2.36. The second-order valence-electron chi connectivity index (χ2n) is 3.91. The highest BCUT2D eigenvalue weighted by Gasteiger charge is 2.09. The summed E-state index contributed by atoms with van der Waals surface area (Å²) in [5.41, 5.74) is 0.591. The minimum atomic E-state index is -0.280. The van der Waals surface area contributed by atoms with Crippen molar-refractivity contribution in [2.45, 2.75) is 19.8 Å². The summed E-state index contributed by atoms with van der Waals surface area (Å²) in [6, 6.07) is 9.03. The lowest BCUT2D eigenvalue weighted by Gasteiger charge is -2.09. The van der Waals surface area contributed by atoms with Gasteiger partial charge in [0, 0.05) is 6.42 Å². The largest absolute Gasteiger partial charge is 0.468 e. The molecule has 0 heterocycles. The maximum atomic E-state index is 11.6. The van der Waals surface area contributed by atoms with Crippen LogP contribution in [0.15, 0.2) is 54.3 Å².